The molecule has 33 heavy (non-hydrogen) atoms. The monoisotopic (exact) mass is 489 g/mol. The van der Waals surface area contributed by atoms with Gasteiger partial charge in [-0.05, 0) is 50.2 Å². The zero-order chi connectivity index (χ0) is 24.2. The molecule has 11 heteroatoms. The van der Waals surface area contributed by atoms with Crippen molar-refractivity contribution in [3.05, 3.63) is 86.9 Å². The lowest BCUT2D eigenvalue weighted by Crippen LogP contribution is -2.21. The summed E-state index contributed by atoms with van der Waals surface area (Å²) in [4.78, 5) is 22.6. The summed E-state index contributed by atoms with van der Waals surface area (Å²) in [6.45, 7) is 2.98. The number of nitrogens with one attached hydrogen (secondary N) is 2. The molecule has 0 aliphatic heterocycles. The van der Waals surface area contributed by atoms with Crippen LogP contribution in [0.2, 0.25) is 5.02 Å². The lowest BCUT2D eigenvalue weighted by atomic mass is 10.1. The first-order valence-electron chi connectivity index (χ1n) is 9.62. The third-order valence-corrected chi connectivity index (χ3v) is 6.33. The Kier molecular flexibility index (Phi) is 7.19. The molecule has 0 radical (unpaired) electrons. The van der Waals surface area contributed by atoms with Crippen LogP contribution >= 0.6 is 11.6 Å². The Hall–Kier alpha value is -3.63. The number of anilines is 2. The Morgan fingerprint density at radius 2 is 1.79 bits per heavy atom. The molecule has 3 rings (SSSR count). The van der Waals surface area contributed by atoms with Gasteiger partial charge in [0, 0.05) is 11.8 Å². The normalized spacial score (nSPS) is 11.0. The topological polar surface area (TPSA) is 128 Å². The smallest absolute Gasteiger partial charge is 0.274 e. The maximum Gasteiger partial charge on any atom is 0.274 e. The van der Waals surface area contributed by atoms with Gasteiger partial charge in [0.1, 0.15) is 5.75 Å². The van der Waals surface area contributed by atoms with E-state index in [0.29, 0.717) is 11.3 Å². The van der Waals surface area contributed by atoms with Crippen LogP contribution in [0.5, 0.6) is 5.75 Å². The second-order valence-corrected chi connectivity index (χ2v) is 9.20. The molecule has 0 saturated heterocycles. The molecule has 0 fully saturated rings. The van der Waals surface area contributed by atoms with Crippen molar-refractivity contribution in [1.82, 2.24) is 0 Å². The highest BCUT2D eigenvalue weighted by Crippen LogP contribution is 2.29. The van der Waals surface area contributed by atoms with Crippen molar-refractivity contribution in [3.8, 4) is 5.75 Å². The van der Waals surface area contributed by atoms with Gasteiger partial charge in [0.2, 0.25) is 0 Å². The molecule has 1 amide bonds. The minimum absolute atomic E-state index is 0.00103. The Morgan fingerprint density at radius 1 is 1.09 bits per heavy atom. The van der Waals surface area contributed by atoms with E-state index in [1.807, 2.05) is 6.92 Å². The van der Waals surface area contributed by atoms with E-state index < -0.39 is 27.5 Å². The second kappa shape index (κ2) is 9.88. The number of hydrogen-bond donors (Lipinski definition) is 2. The number of ether oxygens (including phenoxy) is 1. The summed E-state index contributed by atoms with van der Waals surface area (Å²) in [5.74, 6) is -0.454. The van der Waals surface area contributed by atoms with Gasteiger partial charge in [0.05, 0.1) is 26.1 Å². The highest BCUT2D eigenvalue weighted by molar-refractivity contribution is 7.92. The maximum absolute atomic E-state index is 12.6. The number of carbonyl (C=O) groups excluding carboxylic acids is 1. The number of benzene rings is 3. The molecule has 0 spiro atoms. The molecule has 0 aliphatic carbocycles. The van der Waals surface area contributed by atoms with Crippen molar-refractivity contribution in [1.29, 1.82) is 0 Å². The average Bonchev–Trinajstić information content (AvgIpc) is 2.75. The van der Waals surface area contributed by atoms with Crippen LogP contribution in [0.15, 0.2) is 65.6 Å². The Labute approximate surface area is 195 Å². The number of aryl methyl sites for hydroxylation is 1. The van der Waals surface area contributed by atoms with Crippen LogP contribution in [0.25, 0.3) is 0 Å². The van der Waals surface area contributed by atoms with Crippen molar-refractivity contribution in [2.24, 2.45) is 0 Å². The molecule has 0 atom stereocenters. The van der Waals surface area contributed by atoms with Gasteiger partial charge in [0.15, 0.2) is 6.61 Å². The summed E-state index contributed by atoms with van der Waals surface area (Å²) >= 11 is 6.16. The predicted octanol–water partition coefficient (Wildman–Crippen LogP) is 4.68. The molecule has 0 saturated carbocycles. The first-order chi connectivity index (χ1) is 15.6. The molecule has 0 unspecified atom stereocenters. The van der Waals surface area contributed by atoms with E-state index in [-0.39, 0.29) is 27.0 Å². The van der Waals surface area contributed by atoms with Crippen molar-refractivity contribution in [2.75, 3.05) is 16.6 Å². The molecular weight excluding hydrogens is 470 g/mol. The van der Waals surface area contributed by atoms with Gasteiger partial charge < -0.3 is 10.1 Å². The lowest BCUT2D eigenvalue weighted by Gasteiger charge is -2.12. The van der Waals surface area contributed by atoms with E-state index in [2.05, 4.69) is 10.0 Å². The molecule has 0 heterocycles. The summed E-state index contributed by atoms with van der Waals surface area (Å²) < 4.78 is 33.1. The summed E-state index contributed by atoms with van der Waals surface area (Å²) in [6.07, 6.45) is 0. The Morgan fingerprint density at radius 3 is 2.42 bits per heavy atom. The summed E-state index contributed by atoms with van der Waals surface area (Å²) in [5.41, 5.74) is 1.88. The average molecular weight is 490 g/mol. The van der Waals surface area contributed by atoms with Crippen molar-refractivity contribution in [2.45, 2.75) is 18.7 Å². The van der Waals surface area contributed by atoms with Crippen LogP contribution < -0.4 is 14.8 Å². The van der Waals surface area contributed by atoms with E-state index in [9.17, 15) is 23.3 Å². The maximum atomic E-state index is 12.6. The van der Waals surface area contributed by atoms with Crippen molar-refractivity contribution >= 4 is 44.6 Å². The quantitative estimate of drug-likeness (QED) is 0.349. The minimum Gasteiger partial charge on any atom is -0.482 e. The number of nitrogens with zero attached hydrogens (tertiary/aromatic N) is 1. The number of amides is 1. The fraction of sp³-hybridized carbons (Fsp3) is 0.136. The van der Waals surface area contributed by atoms with Crippen LogP contribution in [0.1, 0.15) is 11.1 Å². The summed E-state index contributed by atoms with van der Waals surface area (Å²) in [6, 6.07) is 15.1. The first-order valence-corrected chi connectivity index (χ1v) is 11.5. The lowest BCUT2D eigenvalue weighted by molar-refractivity contribution is -0.385. The highest BCUT2D eigenvalue weighted by Gasteiger charge is 2.18. The van der Waals surface area contributed by atoms with E-state index in [1.54, 1.807) is 24.3 Å². The SMILES string of the molecule is Cc1ccc(NS(=O)(=O)c2ccc(OCC(=O)Nc3cccc([N+](=O)[O-])c3C)c(Cl)c2)cc1. The number of halogens is 1. The third kappa shape index (κ3) is 5.99. The molecule has 0 bridgehead atoms. The number of hydrogen-bond acceptors (Lipinski definition) is 6. The first kappa shape index (κ1) is 24.0. The van der Waals surface area contributed by atoms with E-state index in [1.165, 1.54) is 43.3 Å². The van der Waals surface area contributed by atoms with Gasteiger partial charge in [-0.1, -0.05) is 35.4 Å². The molecule has 9 nitrogen and oxygen atoms in total. The van der Waals surface area contributed by atoms with E-state index in [0.717, 1.165) is 5.56 Å². The van der Waals surface area contributed by atoms with E-state index >= 15 is 0 Å². The Balaban J connectivity index is 1.66. The predicted molar refractivity (Wildman–Crippen MR) is 125 cm³/mol. The highest BCUT2D eigenvalue weighted by atomic mass is 35.5. The van der Waals surface area contributed by atoms with Gasteiger partial charge in [-0.25, -0.2) is 8.42 Å². The van der Waals surface area contributed by atoms with Crippen molar-refractivity contribution in [3.63, 3.8) is 0 Å². The summed E-state index contributed by atoms with van der Waals surface area (Å²) in [5, 5.41) is 13.6. The molecule has 172 valence electrons. The number of nitro benzene ring substituents is 1. The van der Waals surface area contributed by atoms with Gasteiger partial charge in [-0.3, -0.25) is 19.6 Å². The standard InChI is InChI=1S/C22H20ClN3O6S/c1-14-6-8-16(9-7-14)25-33(30,31)17-10-11-21(18(23)12-17)32-13-22(27)24-19-4-3-5-20(15(19)2)26(28)29/h3-12,25H,13H2,1-2H3,(H,24,27). The number of carbonyl (C=O) groups is 1. The number of sulfonamides is 1. The van der Waals surface area contributed by atoms with Crippen LogP contribution in [0, 0.1) is 24.0 Å². The fourth-order valence-corrected chi connectivity index (χ4v) is 4.27. The molecule has 3 aromatic rings. The van der Waals surface area contributed by atoms with Gasteiger partial charge in [0.25, 0.3) is 21.6 Å². The van der Waals surface area contributed by atoms with Crippen LogP contribution in [-0.4, -0.2) is 25.9 Å². The molecule has 3 aromatic carbocycles. The summed E-state index contributed by atoms with van der Waals surface area (Å²) in [7, 11) is -3.88. The van der Waals surface area contributed by atoms with Crippen LogP contribution in [0.3, 0.4) is 0 Å². The van der Waals surface area contributed by atoms with E-state index in [4.69, 9.17) is 16.3 Å². The zero-order valence-corrected chi connectivity index (χ0v) is 19.2. The molecule has 2 N–H and O–H groups in total. The van der Waals surface area contributed by atoms with Gasteiger partial charge in [-0.15, -0.1) is 0 Å². The Bertz CT molecular complexity index is 1310. The second-order valence-electron chi connectivity index (χ2n) is 7.11. The third-order valence-electron chi connectivity index (χ3n) is 4.65. The number of nitro groups is 1. The number of rotatable bonds is 8. The minimum atomic E-state index is -3.88. The van der Waals surface area contributed by atoms with Gasteiger partial charge in [-0.2, -0.15) is 0 Å². The molecule has 0 aliphatic rings. The molecule has 0 aromatic heterocycles. The van der Waals surface area contributed by atoms with Crippen LogP contribution in [-0.2, 0) is 14.8 Å². The largest absolute Gasteiger partial charge is 0.482 e. The van der Waals surface area contributed by atoms with Crippen molar-refractivity contribution < 1.29 is 22.9 Å². The molecular formula is C22H20ClN3O6S. The zero-order valence-electron chi connectivity index (χ0n) is 17.7. The van der Waals surface area contributed by atoms with Crippen LogP contribution in [0.4, 0.5) is 17.1 Å². The van der Waals surface area contributed by atoms with Gasteiger partial charge >= 0.3 is 0 Å². The fourth-order valence-electron chi connectivity index (χ4n) is 2.89.